The smallest absolute Gasteiger partial charge is 0.191 e. The summed E-state index contributed by atoms with van der Waals surface area (Å²) in [6.07, 6.45) is 2.62. The summed E-state index contributed by atoms with van der Waals surface area (Å²) >= 11 is 0. The van der Waals surface area contributed by atoms with Gasteiger partial charge in [0.05, 0.1) is 12.7 Å². The Balaban J connectivity index is 2.50. The Labute approximate surface area is 154 Å². The number of nitrogens with zero attached hydrogens (tertiary/aromatic N) is 2. The standard InChI is InChI=1S/C19H40N4O2/c1-7-20-18(21-10-11-23(5)12-14-24-6)22-15-16-9-8-13-25-17(16)19(2,3)4/h16-17H,7-15H2,1-6H3,(H2,20,21,22). The summed E-state index contributed by atoms with van der Waals surface area (Å²) < 4.78 is 11.2. The lowest BCUT2D eigenvalue weighted by Crippen LogP contribution is -2.44. The average Bonchev–Trinajstić information content (AvgIpc) is 2.57. The molecule has 0 amide bonds. The molecule has 0 aromatic rings. The fourth-order valence-corrected chi connectivity index (χ4v) is 3.26. The van der Waals surface area contributed by atoms with Crippen LogP contribution in [0.5, 0.6) is 0 Å². The minimum Gasteiger partial charge on any atom is -0.383 e. The molecule has 148 valence electrons. The quantitative estimate of drug-likeness (QED) is 0.489. The summed E-state index contributed by atoms with van der Waals surface area (Å²) in [4.78, 5) is 7.09. The maximum Gasteiger partial charge on any atom is 0.191 e. The molecule has 1 aliphatic heterocycles. The van der Waals surface area contributed by atoms with E-state index in [4.69, 9.17) is 14.5 Å². The summed E-state index contributed by atoms with van der Waals surface area (Å²) in [6, 6.07) is 0. The zero-order chi connectivity index (χ0) is 18.7. The maximum atomic E-state index is 6.07. The van der Waals surface area contributed by atoms with Gasteiger partial charge in [0.2, 0.25) is 0 Å². The third kappa shape index (κ3) is 8.88. The fourth-order valence-electron chi connectivity index (χ4n) is 3.26. The number of aliphatic imine (C=N–C) groups is 1. The first-order chi connectivity index (χ1) is 11.9. The van der Waals surface area contributed by atoms with Crippen LogP contribution < -0.4 is 10.6 Å². The van der Waals surface area contributed by atoms with E-state index in [9.17, 15) is 0 Å². The van der Waals surface area contributed by atoms with Crippen molar-refractivity contribution in [3.63, 3.8) is 0 Å². The second kappa shape index (κ2) is 11.7. The number of likely N-dealkylation sites (N-methyl/N-ethyl adjacent to an activating group) is 1. The van der Waals surface area contributed by atoms with Gasteiger partial charge in [-0.3, -0.25) is 4.99 Å². The summed E-state index contributed by atoms with van der Waals surface area (Å²) in [7, 11) is 3.85. The van der Waals surface area contributed by atoms with E-state index >= 15 is 0 Å². The molecule has 0 spiro atoms. The van der Waals surface area contributed by atoms with Crippen LogP contribution in [0.15, 0.2) is 4.99 Å². The van der Waals surface area contributed by atoms with Gasteiger partial charge in [0, 0.05) is 52.4 Å². The van der Waals surface area contributed by atoms with Crippen molar-refractivity contribution < 1.29 is 9.47 Å². The third-order valence-electron chi connectivity index (χ3n) is 4.59. The molecule has 1 heterocycles. The number of nitrogens with one attached hydrogen (secondary N) is 2. The van der Waals surface area contributed by atoms with Gasteiger partial charge >= 0.3 is 0 Å². The Morgan fingerprint density at radius 3 is 2.68 bits per heavy atom. The lowest BCUT2D eigenvalue weighted by Gasteiger charge is -2.39. The molecule has 1 aliphatic rings. The van der Waals surface area contributed by atoms with Crippen LogP contribution in [0.25, 0.3) is 0 Å². The summed E-state index contributed by atoms with van der Waals surface area (Å²) in [5.74, 6) is 1.40. The number of ether oxygens (including phenoxy) is 2. The van der Waals surface area contributed by atoms with Crippen LogP contribution in [-0.2, 0) is 9.47 Å². The first-order valence-corrected chi connectivity index (χ1v) is 9.69. The molecule has 2 N–H and O–H groups in total. The zero-order valence-electron chi connectivity index (χ0n) is 17.2. The van der Waals surface area contributed by atoms with E-state index in [0.29, 0.717) is 5.92 Å². The van der Waals surface area contributed by atoms with Crippen molar-refractivity contribution in [2.45, 2.75) is 46.6 Å². The van der Waals surface area contributed by atoms with E-state index in [1.807, 2.05) is 0 Å². The van der Waals surface area contributed by atoms with Crippen LogP contribution in [-0.4, -0.2) is 77.1 Å². The zero-order valence-corrected chi connectivity index (χ0v) is 17.2. The average molecular weight is 357 g/mol. The highest BCUT2D eigenvalue weighted by atomic mass is 16.5. The molecule has 6 heteroatoms. The molecule has 2 atom stereocenters. The fraction of sp³-hybridized carbons (Fsp3) is 0.947. The highest BCUT2D eigenvalue weighted by Crippen LogP contribution is 2.34. The van der Waals surface area contributed by atoms with E-state index in [1.54, 1.807) is 7.11 Å². The van der Waals surface area contributed by atoms with Crippen molar-refractivity contribution in [2.75, 3.05) is 60.1 Å². The van der Waals surface area contributed by atoms with Crippen LogP contribution in [0.4, 0.5) is 0 Å². The second-order valence-electron chi connectivity index (χ2n) is 8.00. The summed E-state index contributed by atoms with van der Waals surface area (Å²) in [5.41, 5.74) is 0.163. The summed E-state index contributed by atoms with van der Waals surface area (Å²) in [5, 5.41) is 6.78. The van der Waals surface area contributed by atoms with Gasteiger partial charge in [-0.15, -0.1) is 0 Å². The molecule has 1 rings (SSSR count). The number of methoxy groups -OCH3 is 1. The molecule has 2 unspecified atom stereocenters. The van der Waals surface area contributed by atoms with Gasteiger partial charge in [-0.05, 0) is 32.2 Å². The predicted molar refractivity (Wildman–Crippen MR) is 105 cm³/mol. The highest BCUT2D eigenvalue weighted by molar-refractivity contribution is 5.79. The van der Waals surface area contributed by atoms with Crippen LogP contribution >= 0.6 is 0 Å². The first kappa shape index (κ1) is 22.2. The van der Waals surface area contributed by atoms with E-state index < -0.39 is 0 Å². The van der Waals surface area contributed by atoms with Crippen molar-refractivity contribution in [2.24, 2.45) is 16.3 Å². The van der Waals surface area contributed by atoms with Gasteiger partial charge in [0.15, 0.2) is 5.96 Å². The molecule has 0 aromatic heterocycles. The molecular weight excluding hydrogens is 316 g/mol. The lowest BCUT2D eigenvalue weighted by atomic mass is 9.78. The number of rotatable bonds is 9. The first-order valence-electron chi connectivity index (χ1n) is 9.69. The Hall–Kier alpha value is -0.850. The van der Waals surface area contributed by atoms with Crippen LogP contribution in [0.1, 0.15) is 40.5 Å². The van der Waals surface area contributed by atoms with Gasteiger partial charge in [0.1, 0.15) is 0 Å². The molecule has 0 radical (unpaired) electrons. The van der Waals surface area contributed by atoms with Crippen molar-refractivity contribution in [3.05, 3.63) is 0 Å². The van der Waals surface area contributed by atoms with Gasteiger partial charge in [0.25, 0.3) is 0 Å². The Kier molecular flexibility index (Phi) is 10.4. The summed E-state index contributed by atoms with van der Waals surface area (Å²) in [6.45, 7) is 15.0. The van der Waals surface area contributed by atoms with Gasteiger partial charge in [-0.25, -0.2) is 0 Å². The van der Waals surface area contributed by atoms with Crippen molar-refractivity contribution in [3.8, 4) is 0 Å². The van der Waals surface area contributed by atoms with Gasteiger partial charge in [-0.1, -0.05) is 20.8 Å². The SMILES string of the molecule is CCNC(=NCC1CCCOC1C(C)(C)C)NCCN(C)CCOC. The molecule has 1 saturated heterocycles. The van der Waals surface area contributed by atoms with Crippen molar-refractivity contribution in [1.82, 2.24) is 15.5 Å². The topological polar surface area (TPSA) is 58.1 Å². The molecular formula is C19H40N4O2. The molecule has 0 saturated carbocycles. The largest absolute Gasteiger partial charge is 0.383 e. The molecule has 25 heavy (non-hydrogen) atoms. The normalized spacial score (nSPS) is 22.3. The van der Waals surface area contributed by atoms with E-state index in [2.05, 4.69) is 50.3 Å². The predicted octanol–water partition coefficient (Wildman–Crippen LogP) is 1.96. The number of hydrogen-bond acceptors (Lipinski definition) is 4. The highest BCUT2D eigenvalue weighted by Gasteiger charge is 2.35. The molecule has 1 fully saturated rings. The third-order valence-corrected chi connectivity index (χ3v) is 4.59. The number of guanidine groups is 1. The van der Waals surface area contributed by atoms with Crippen molar-refractivity contribution >= 4 is 5.96 Å². The van der Waals surface area contributed by atoms with Crippen LogP contribution in [0, 0.1) is 11.3 Å². The molecule has 0 aromatic carbocycles. The van der Waals surface area contributed by atoms with Gasteiger partial charge < -0.3 is 25.0 Å². The molecule has 0 bridgehead atoms. The van der Waals surface area contributed by atoms with E-state index in [-0.39, 0.29) is 11.5 Å². The van der Waals surface area contributed by atoms with Crippen LogP contribution in [0.3, 0.4) is 0 Å². The van der Waals surface area contributed by atoms with Crippen LogP contribution in [0.2, 0.25) is 0 Å². The minimum atomic E-state index is 0.163. The number of hydrogen-bond donors (Lipinski definition) is 2. The second-order valence-corrected chi connectivity index (χ2v) is 8.00. The Morgan fingerprint density at radius 2 is 2.04 bits per heavy atom. The minimum absolute atomic E-state index is 0.163. The molecule has 6 nitrogen and oxygen atoms in total. The maximum absolute atomic E-state index is 6.07. The van der Waals surface area contributed by atoms with Gasteiger partial charge in [-0.2, -0.15) is 0 Å². The van der Waals surface area contributed by atoms with E-state index in [1.165, 1.54) is 6.42 Å². The monoisotopic (exact) mass is 356 g/mol. The van der Waals surface area contributed by atoms with Crippen molar-refractivity contribution in [1.29, 1.82) is 0 Å². The molecule has 0 aliphatic carbocycles. The van der Waals surface area contributed by atoms with E-state index in [0.717, 1.165) is 58.3 Å². The Morgan fingerprint density at radius 1 is 1.28 bits per heavy atom. The Bertz CT molecular complexity index is 382. The lowest BCUT2D eigenvalue weighted by molar-refractivity contribution is -0.0823.